The first-order valence-electron chi connectivity index (χ1n) is 11.6. The maximum Gasteiger partial charge on any atom is 0.162 e. The summed E-state index contributed by atoms with van der Waals surface area (Å²) in [5, 5.41) is 13.1. The van der Waals surface area contributed by atoms with Gasteiger partial charge in [-0.1, -0.05) is 6.92 Å². The average molecular weight is 448 g/mol. The van der Waals surface area contributed by atoms with Gasteiger partial charge in [0.2, 0.25) is 0 Å². The van der Waals surface area contributed by atoms with Gasteiger partial charge in [-0.15, -0.1) is 10.2 Å². The molecule has 0 radical (unpaired) electrons. The molecule has 6 rings (SSSR count). The first-order valence-corrected chi connectivity index (χ1v) is 11.6. The summed E-state index contributed by atoms with van der Waals surface area (Å²) in [6.07, 6.45) is 5.12. The highest BCUT2D eigenvalue weighted by atomic mass is 19.1. The molecule has 2 aromatic heterocycles. The van der Waals surface area contributed by atoms with E-state index in [0.29, 0.717) is 29.2 Å². The molecule has 33 heavy (non-hydrogen) atoms. The lowest BCUT2D eigenvalue weighted by atomic mass is 9.91. The van der Waals surface area contributed by atoms with Crippen LogP contribution in [-0.4, -0.2) is 19.3 Å². The Hall–Kier alpha value is -3.22. The van der Waals surface area contributed by atoms with Crippen molar-refractivity contribution in [2.75, 3.05) is 5.32 Å². The van der Waals surface area contributed by atoms with Crippen molar-refractivity contribution >= 4 is 16.6 Å². The number of benzene rings is 2. The molecular weight excluding hydrogens is 420 g/mol. The predicted molar refractivity (Wildman–Crippen MR) is 126 cm³/mol. The molecule has 2 aliphatic rings. The minimum atomic E-state index is -0.500. The molecule has 0 atom stereocenters. The van der Waals surface area contributed by atoms with Gasteiger partial charge in [0.1, 0.15) is 17.5 Å². The number of aromatic nitrogens is 4. The maximum atomic E-state index is 15.7. The van der Waals surface area contributed by atoms with Crippen LogP contribution in [0.15, 0.2) is 30.5 Å². The fraction of sp³-hybridized carbons (Fsp3) is 0.385. The smallest absolute Gasteiger partial charge is 0.162 e. The summed E-state index contributed by atoms with van der Waals surface area (Å²) in [7, 11) is 0. The van der Waals surface area contributed by atoms with E-state index in [0.717, 1.165) is 40.3 Å². The van der Waals surface area contributed by atoms with Gasteiger partial charge < -0.3 is 9.88 Å². The van der Waals surface area contributed by atoms with Crippen LogP contribution in [-0.2, 0) is 18.5 Å². The summed E-state index contributed by atoms with van der Waals surface area (Å²) < 4.78 is 34.7. The quantitative estimate of drug-likeness (QED) is 0.411. The third kappa shape index (κ3) is 3.01. The zero-order valence-electron chi connectivity index (χ0n) is 19.3. The Labute approximate surface area is 191 Å². The van der Waals surface area contributed by atoms with Crippen molar-refractivity contribution in [3.63, 3.8) is 0 Å². The fourth-order valence-corrected chi connectivity index (χ4v) is 5.26. The molecule has 0 saturated heterocycles. The van der Waals surface area contributed by atoms with Crippen molar-refractivity contribution in [1.29, 1.82) is 0 Å². The number of halogens is 2. The molecule has 0 bridgehead atoms. The second-order valence-corrected chi connectivity index (χ2v) is 9.93. The summed E-state index contributed by atoms with van der Waals surface area (Å²) >= 11 is 0. The van der Waals surface area contributed by atoms with Gasteiger partial charge >= 0.3 is 0 Å². The Morgan fingerprint density at radius 2 is 1.94 bits per heavy atom. The van der Waals surface area contributed by atoms with E-state index in [1.54, 1.807) is 6.07 Å². The second kappa shape index (κ2) is 6.89. The summed E-state index contributed by atoms with van der Waals surface area (Å²) in [6.45, 7) is 8.83. The molecule has 3 heterocycles. The van der Waals surface area contributed by atoms with Crippen molar-refractivity contribution < 1.29 is 8.78 Å². The Balaban J connectivity index is 1.62. The van der Waals surface area contributed by atoms with Crippen LogP contribution in [0.5, 0.6) is 0 Å². The molecule has 1 fully saturated rings. The largest absolute Gasteiger partial charge is 0.371 e. The zero-order valence-corrected chi connectivity index (χ0v) is 19.3. The van der Waals surface area contributed by atoms with Crippen molar-refractivity contribution in [1.82, 2.24) is 19.3 Å². The third-order valence-corrected chi connectivity index (χ3v) is 7.05. The highest BCUT2D eigenvalue weighted by Gasteiger charge is 2.36. The third-order valence-electron chi connectivity index (χ3n) is 7.05. The van der Waals surface area contributed by atoms with Crippen LogP contribution >= 0.6 is 0 Å². The lowest BCUT2D eigenvalue weighted by molar-refractivity contribution is 0.531. The number of anilines is 1. The topological polar surface area (TPSA) is 47.7 Å². The normalized spacial score (nSPS) is 16.5. The van der Waals surface area contributed by atoms with Gasteiger partial charge in [-0.05, 0) is 74.9 Å². The van der Waals surface area contributed by atoms with Gasteiger partial charge in [0.15, 0.2) is 5.82 Å². The Bertz CT molecular complexity index is 1420. The zero-order chi connectivity index (χ0) is 23.1. The first kappa shape index (κ1) is 20.4. The fourth-order valence-electron chi connectivity index (χ4n) is 5.26. The lowest BCUT2D eigenvalue weighted by Gasteiger charge is -2.35. The molecule has 4 aromatic rings. The summed E-state index contributed by atoms with van der Waals surface area (Å²) in [4.78, 5) is 0. The van der Waals surface area contributed by atoms with Crippen LogP contribution in [0.3, 0.4) is 0 Å². The molecule has 1 saturated carbocycles. The molecule has 7 heteroatoms. The number of nitrogens with zero attached hydrogens (tertiary/aromatic N) is 4. The van der Waals surface area contributed by atoms with E-state index in [-0.39, 0.29) is 11.6 Å². The van der Waals surface area contributed by atoms with E-state index in [2.05, 4.69) is 20.1 Å². The number of aryl methyl sites for hydroxylation is 1. The molecule has 0 amide bonds. The van der Waals surface area contributed by atoms with Crippen LogP contribution < -0.4 is 5.32 Å². The van der Waals surface area contributed by atoms with Crippen LogP contribution in [0, 0.1) is 24.5 Å². The van der Waals surface area contributed by atoms with Crippen molar-refractivity contribution in [3.05, 3.63) is 59.3 Å². The molecule has 2 aromatic carbocycles. The number of hydrogen-bond donors (Lipinski definition) is 1. The van der Waals surface area contributed by atoms with Crippen molar-refractivity contribution in [3.8, 4) is 16.8 Å². The van der Waals surface area contributed by atoms with Crippen LogP contribution in [0.1, 0.15) is 50.8 Å². The number of fused-ring (bicyclic) bond motifs is 4. The lowest BCUT2D eigenvalue weighted by Crippen LogP contribution is -2.36. The summed E-state index contributed by atoms with van der Waals surface area (Å²) in [5.41, 5.74) is 3.58. The predicted octanol–water partition coefficient (Wildman–Crippen LogP) is 6.11. The van der Waals surface area contributed by atoms with Gasteiger partial charge in [0.25, 0.3) is 0 Å². The van der Waals surface area contributed by atoms with Crippen LogP contribution in [0.2, 0.25) is 0 Å². The molecule has 1 N–H and O–H groups in total. The van der Waals surface area contributed by atoms with Gasteiger partial charge in [0, 0.05) is 30.1 Å². The number of rotatable bonds is 4. The SMILES string of the molecule is CCc1nnc2n1-c1c(cc(F)c(-c3cc(F)cc4c3ccn4CC3CC3)c1C)NC2(C)C. The second-order valence-electron chi connectivity index (χ2n) is 9.93. The van der Waals surface area contributed by atoms with E-state index < -0.39 is 5.54 Å². The minimum Gasteiger partial charge on any atom is -0.371 e. The van der Waals surface area contributed by atoms with Gasteiger partial charge in [-0.25, -0.2) is 8.78 Å². The monoisotopic (exact) mass is 447 g/mol. The van der Waals surface area contributed by atoms with Crippen molar-refractivity contribution in [2.24, 2.45) is 5.92 Å². The molecule has 0 spiro atoms. The Kier molecular flexibility index (Phi) is 4.26. The van der Waals surface area contributed by atoms with E-state index >= 15 is 4.39 Å². The Morgan fingerprint density at radius 3 is 2.67 bits per heavy atom. The average Bonchev–Trinajstić information content (AvgIpc) is 3.31. The molecule has 170 valence electrons. The van der Waals surface area contributed by atoms with E-state index in [9.17, 15) is 4.39 Å². The minimum absolute atomic E-state index is 0.358. The first-order chi connectivity index (χ1) is 15.8. The highest BCUT2D eigenvalue weighted by molar-refractivity contribution is 5.98. The molecular formula is C26H27F2N5. The number of nitrogens with one attached hydrogen (secondary N) is 1. The van der Waals surface area contributed by atoms with Crippen LogP contribution in [0.25, 0.3) is 27.7 Å². The van der Waals surface area contributed by atoms with Gasteiger partial charge in [-0.3, -0.25) is 4.57 Å². The molecule has 5 nitrogen and oxygen atoms in total. The highest BCUT2D eigenvalue weighted by Crippen LogP contribution is 2.44. The molecule has 1 aliphatic heterocycles. The summed E-state index contributed by atoms with van der Waals surface area (Å²) in [5.74, 6) is 1.53. The van der Waals surface area contributed by atoms with E-state index in [1.807, 2.05) is 44.5 Å². The number of hydrogen-bond acceptors (Lipinski definition) is 3. The van der Waals surface area contributed by atoms with Gasteiger partial charge in [0.05, 0.1) is 22.4 Å². The van der Waals surface area contributed by atoms with Gasteiger partial charge in [-0.2, -0.15) is 0 Å². The van der Waals surface area contributed by atoms with E-state index in [1.165, 1.54) is 25.0 Å². The Morgan fingerprint density at radius 1 is 1.15 bits per heavy atom. The summed E-state index contributed by atoms with van der Waals surface area (Å²) in [6, 6.07) is 6.52. The molecule has 1 aliphatic carbocycles. The van der Waals surface area contributed by atoms with Crippen LogP contribution in [0.4, 0.5) is 14.5 Å². The van der Waals surface area contributed by atoms with E-state index in [4.69, 9.17) is 0 Å². The maximum absolute atomic E-state index is 15.7. The molecule has 0 unspecified atom stereocenters. The van der Waals surface area contributed by atoms with Crippen molar-refractivity contribution in [2.45, 2.75) is 59.0 Å². The standard InChI is InChI=1S/C26H27F2N5/c1-5-22-30-31-25-26(3,4)29-20-12-19(28)23(14(2)24(20)33(22)25)18-10-16(27)11-21-17(18)8-9-32(21)13-15-6-7-15/h8-12,15,29H,5-7,13H2,1-4H3.